The van der Waals surface area contributed by atoms with E-state index in [2.05, 4.69) is 10.3 Å². The van der Waals surface area contributed by atoms with Gasteiger partial charge in [0.1, 0.15) is 6.10 Å². The summed E-state index contributed by atoms with van der Waals surface area (Å²) in [5, 5.41) is 11.6. The van der Waals surface area contributed by atoms with Crippen LogP contribution in [0.5, 0.6) is 0 Å². The van der Waals surface area contributed by atoms with Gasteiger partial charge in [0.2, 0.25) is 5.91 Å². The lowest BCUT2D eigenvalue weighted by atomic mass is 10.1. The van der Waals surface area contributed by atoms with Gasteiger partial charge >= 0.3 is 5.97 Å². The van der Waals surface area contributed by atoms with Crippen molar-refractivity contribution in [1.82, 2.24) is 10.3 Å². The van der Waals surface area contributed by atoms with Gasteiger partial charge in [0.05, 0.1) is 11.7 Å². The second-order valence-corrected chi connectivity index (χ2v) is 4.51. The highest BCUT2D eigenvalue weighted by Crippen LogP contribution is 2.21. The quantitative estimate of drug-likeness (QED) is 0.843. The number of carboxylic acid groups (broad SMARTS) is 1. The Morgan fingerprint density at radius 3 is 2.74 bits per heavy atom. The van der Waals surface area contributed by atoms with Crippen molar-refractivity contribution in [3.63, 3.8) is 0 Å². The van der Waals surface area contributed by atoms with E-state index in [4.69, 9.17) is 9.84 Å². The van der Waals surface area contributed by atoms with Crippen molar-refractivity contribution in [2.24, 2.45) is 0 Å². The molecule has 102 valence electrons. The van der Waals surface area contributed by atoms with Crippen LogP contribution in [-0.4, -0.2) is 34.2 Å². The molecule has 1 aliphatic heterocycles. The monoisotopic (exact) mass is 264 g/mol. The summed E-state index contributed by atoms with van der Waals surface area (Å²) < 4.78 is 5.19. The molecular formula is C13H16N2O4. The number of ether oxygens (including phenoxy) is 1. The van der Waals surface area contributed by atoms with Gasteiger partial charge in [0.15, 0.2) is 6.10 Å². The zero-order valence-corrected chi connectivity index (χ0v) is 10.6. The third-order valence-corrected chi connectivity index (χ3v) is 3.08. The molecule has 2 N–H and O–H groups in total. The van der Waals surface area contributed by atoms with Crippen molar-refractivity contribution in [1.29, 1.82) is 0 Å². The number of aromatic nitrogens is 1. The summed E-state index contributed by atoms with van der Waals surface area (Å²) in [7, 11) is 0. The molecule has 0 radical (unpaired) electrons. The first-order valence-corrected chi connectivity index (χ1v) is 6.17. The number of hydrogen-bond donors (Lipinski definition) is 2. The van der Waals surface area contributed by atoms with Gasteiger partial charge in [-0.1, -0.05) is 6.07 Å². The number of carbonyl (C=O) groups is 2. The number of aliphatic carboxylic acids is 1. The number of carbonyl (C=O) groups excluding carboxylic acids is 1. The average molecular weight is 264 g/mol. The second kappa shape index (κ2) is 5.79. The number of amides is 1. The van der Waals surface area contributed by atoms with Gasteiger partial charge in [-0.15, -0.1) is 0 Å². The molecular weight excluding hydrogens is 248 g/mol. The van der Waals surface area contributed by atoms with Crippen LogP contribution in [0.4, 0.5) is 0 Å². The van der Waals surface area contributed by atoms with Crippen LogP contribution in [-0.2, 0) is 14.3 Å². The van der Waals surface area contributed by atoms with Crippen LogP contribution >= 0.6 is 0 Å². The van der Waals surface area contributed by atoms with Gasteiger partial charge in [-0.3, -0.25) is 9.78 Å². The van der Waals surface area contributed by atoms with Crippen LogP contribution in [0.1, 0.15) is 31.5 Å². The molecule has 6 nitrogen and oxygen atoms in total. The van der Waals surface area contributed by atoms with Crippen molar-refractivity contribution >= 4 is 11.9 Å². The average Bonchev–Trinajstić information content (AvgIpc) is 2.89. The standard InChI is InChI=1S/C13H16N2O4/c1-8(9-4-2-3-7-14-9)15-12(16)10-5-6-11(19-10)13(17)18/h2-4,7-8,10-11H,5-6H2,1H3,(H,15,16)(H,17,18)/t8?,10-,11+/m0/s1. The zero-order valence-electron chi connectivity index (χ0n) is 10.6. The molecule has 2 rings (SSSR count). The number of hydrogen-bond acceptors (Lipinski definition) is 4. The molecule has 0 bridgehead atoms. The smallest absolute Gasteiger partial charge is 0.332 e. The van der Waals surface area contributed by atoms with E-state index in [1.807, 2.05) is 19.1 Å². The largest absolute Gasteiger partial charge is 0.479 e. The fourth-order valence-electron chi connectivity index (χ4n) is 2.02. The lowest BCUT2D eigenvalue weighted by Crippen LogP contribution is -2.37. The lowest BCUT2D eigenvalue weighted by Gasteiger charge is -2.16. The molecule has 0 aliphatic carbocycles. The first-order chi connectivity index (χ1) is 9.08. The predicted molar refractivity (Wildman–Crippen MR) is 66.3 cm³/mol. The van der Waals surface area contributed by atoms with Gasteiger partial charge in [-0.05, 0) is 31.9 Å². The number of pyridine rings is 1. The first kappa shape index (κ1) is 13.5. The molecule has 1 saturated heterocycles. The molecule has 1 unspecified atom stereocenters. The molecule has 1 aromatic heterocycles. The molecule has 0 spiro atoms. The maximum absolute atomic E-state index is 11.9. The van der Waals surface area contributed by atoms with Crippen LogP contribution in [0.25, 0.3) is 0 Å². The molecule has 0 saturated carbocycles. The Morgan fingerprint density at radius 1 is 1.42 bits per heavy atom. The minimum Gasteiger partial charge on any atom is -0.479 e. The lowest BCUT2D eigenvalue weighted by molar-refractivity contribution is -0.151. The number of rotatable bonds is 4. The molecule has 0 aromatic carbocycles. The van der Waals surface area contributed by atoms with Gasteiger partial charge in [0, 0.05) is 6.20 Å². The minimum absolute atomic E-state index is 0.235. The normalized spacial score (nSPS) is 23.8. The summed E-state index contributed by atoms with van der Waals surface area (Å²) in [6, 6.07) is 5.23. The zero-order chi connectivity index (χ0) is 13.8. The van der Waals surface area contributed by atoms with E-state index in [9.17, 15) is 9.59 Å². The third-order valence-electron chi connectivity index (χ3n) is 3.08. The van der Waals surface area contributed by atoms with Crippen molar-refractivity contribution in [2.75, 3.05) is 0 Å². The molecule has 6 heteroatoms. The Hall–Kier alpha value is -1.95. The molecule has 1 amide bonds. The number of nitrogens with zero attached hydrogens (tertiary/aromatic N) is 1. The van der Waals surface area contributed by atoms with Crippen LogP contribution in [0.3, 0.4) is 0 Å². The summed E-state index contributed by atoms with van der Waals surface area (Å²) in [5.74, 6) is -1.31. The van der Waals surface area contributed by atoms with Crippen LogP contribution in [0, 0.1) is 0 Å². The molecule has 19 heavy (non-hydrogen) atoms. The number of carboxylic acids is 1. The Kier molecular flexibility index (Phi) is 4.11. The van der Waals surface area contributed by atoms with Crippen molar-refractivity contribution in [3.8, 4) is 0 Å². The Balaban J connectivity index is 1.90. The first-order valence-electron chi connectivity index (χ1n) is 6.17. The Bertz CT molecular complexity index is 463. The van der Waals surface area contributed by atoms with Crippen molar-refractivity contribution < 1.29 is 19.4 Å². The van der Waals surface area contributed by atoms with E-state index in [1.54, 1.807) is 12.3 Å². The van der Waals surface area contributed by atoms with Gasteiger partial charge in [-0.25, -0.2) is 4.79 Å². The van der Waals surface area contributed by atoms with E-state index in [0.29, 0.717) is 12.8 Å². The topological polar surface area (TPSA) is 88.5 Å². The van der Waals surface area contributed by atoms with Crippen molar-refractivity contribution in [2.45, 2.75) is 38.0 Å². The SMILES string of the molecule is CC(NC(=O)[C@@H]1CC[C@H](C(=O)O)O1)c1ccccn1. The molecule has 1 aliphatic rings. The highest BCUT2D eigenvalue weighted by atomic mass is 16.5. The van der Waals surface area contributed by atoms with Crippen molar-refractivity contribution in [3.05, 3.63) is 30.1 Å². The fourth-order valence-corrected chi connectivity index (χ4v) is 2.02. The second-order valence-electron chi connectivity index (χ2n) is 4.51. The summed E-state index contributed by atoms with van der Waals surface area (Å²) in [6.07, 6.45) is 0.890. The summed E-state index contributed by atoms with van der Waals surface area (Å²) in [4.78, 5) is 26.8. The van der Waals surface area contributed by atoms with E-state index in [1.165, 1.54) is 0 Å². The molecule has 2 heterocycles. The van der Waals surface area contributed by atoms with E-state index in [0.717, 1.165) is 5.69 Å². The molecule has 3 atom stereocenters. The number of nitrogens with one attached hydrogen (secondary N) is 1. The van der Waals surface area contributed by atoms with Gasteiger partial charge in [-0.2, -0.15) is 0 Å². The van der Waals surface area contributed by atoms with Crippen LogP contribution in [0.2, 0.25) is 0 Å². The highest BCUT2D eigenvalue weighted by Gasteiger charge is 2.35. The maximum Gasteiger partial charge on any atom is 0.332 e. The summed E-state index contributed by atoms with van der Waals surface area (Å²) in [6.45, 7) is 1.82. The Labute approximate surface area is 110 Å². The summed E-state index contributed by atoms with van der Waals surface area (Å²) in [5.41, 5.74) is 0.753. The molecule has 1 fully saturated rings. The third kappa shape index (κ3) is 3.29. The fraction of sp³-hybridized carbons (Fsp3) is 0.462. The molecule has 1 aromatic rings. The van der Waals surface area contributed by atoms with Crippen LogP contribution in [0.15, 0.2) is 24.4 Å². The van der Waals surface area contributed by atoms with E-state index in [-0.39, 0.29) is 11.9 Å². The Morgan fingerprint density at radius 2 is 2.16 bits per heavy atom. The predicted octanol–water partition coefficient (Wildman–Crippen LogP) is 0.891. The minimum atomic E-state index is -1.02. The maximum atomic E-state index is 11.9. The highest BCUT2D eigenvalue weighted by molar-refractivity contribution is 5.82. The van der Waals surface area contributed by atoms with E-state index < -0.39 is 18.2 Å². The van der Waals surface area contributed by atoms with Crippen LogP contribution < -0.4 is 5.32 Å². The van der Waals surface area contributed by atoms with Gasteiger partial charge in [0.25, 0.3) is 0 Å². The van der Waals surface area contributed by atoms with Gasteiger partial charge < -0.3 is 15.2 Å². The summed E-state index contributed by atoms with van der Waals surface area (Å²) >= 11 is 0. The van der Waals surface area contributed by atoms with E-state index >= 15 is 0 Å².